The Kier molecular flexibility index (Phi) is 6.92. The molecule has 1 atom stereocenters. The summed E-state index contributed by atoms with van der Waals surface area (Å²) in [6.45, 7) is 6.71. The van der Waals surface area contributed by atoms with E-state index < -0.39 is 11.7 Å². The summed E-state index contributed by atoms with van der Waals surface area (Å²) in [4.78, 5) is 26.4. The molecule has 1 unspecified atom stereocenters. The van der Waals surface area contributed by atoms with Gasteiger partial charge in [0.05, 0.1) is 18.0 Å². The third kappa shape index (κ3) is 6.20. The summed E-state index contributed by atoms with van der Waals surface area (Å²) < 4.78 is 11.3. The van der Waals surface area contributed by atoms with E-state index in [-0.39, 0.29) is 11.9 Å². The highest BCUT2D eigenvalue weighted by atomic mass is 79.9. The molecule has 1 N–H and O–H groups in total. The largest absolute Gasteiger partial charge is 0.496 e. The lowest BCUT2D eigenvalue weighted by Crippen LogP contribution is -2.50. The number of benzene rings is 1. The first-order valence-corrected chi connectivity index (χ1v) is 9.57. The number of amides is 2. The minimum Gasteiger partial charge on any atom is -0.496 e. The molecular formula is C19H27BrN2O4. The molecule has 1 aromatic carbocycles. The van der Waals surface area contributed by atoms with Crippen LogP contribution < -0.4 is 10.1 Å². The first-order chi connectivity index (χ1) is 12.2. The van der Waals surface area contributed by atoms with Gasteiger partial charge in [0.1, 0.15) is 11.4 Å². The molecule has 1 aromatic rings. The maximum Gasteiger partial charge on any atom is 0.407 e. The van der Waals surface area contributed by atoms with Crippen LogP contribution in [0.15, 0.2) is 22.7 Å². The van der Waals surface area contributed by atoms with Gasteiger partial charge in [0, 0.05) is 19.1 Å². The second-order valence-electron chi connectivity index (χ2n) is 7.47. The normalized spacial score (nSPS) is 17.6. The summed E-state index contributed by atoms with van der Waals surface area (Å²) in [5.41, 5.74) is 0.389. The fourth-order valence-corrected chi connectivity index (χ4v) is 3.49. The summed E-state index contributed by atoms with van der Waals surface area (Å²) in [6, 6.07) is 5.56. The number of piperidine rings is 1. The van der Waals surface area contributed by atoms with Crippen LogP contribution in [0.5, 0.6) is 5.75 Å². The Labute approximate surface area is 163 Å². The first-order valence-electron chi connectivity index (χ1n) is 8.77. The van der Waals surface area contributed by atoms with Crippen molar-refractivity contribution in [1.82, 2.24) is 10.2 Å². The van der Waals surface area contributed by atoms with Crippen LogP contribution >= 0.6 is 15.9 Å². The Hall–Kier alpha value is -1.76. The van der Waals surface area contributed by atoms with Crippen molar-refractivity contribution in [3.8, 4) is 5.75 Å². The summed E-state index contributed by atoms with van der Waals surface area (Å²) in [5.74, 6) is 0.790. The standard InChI is InChI=1S/C19H27BrN2O4/c1-19(2,3)26-18(24)21-14-6-5-9-22(12-14)17(23)11-13-7-8-16(25-4)15(20)10-13/h7-8,10,14H,5-6,9,11-12H2,1-4H3,(H,21,24). The number of carbonyl (C=O) groups excluding carboxylic acids is 2. The molecule has 1 aliphatic rings. The molecule has 144 valence electrons. The number of hydrogen-bond donors (Lipinski definition) is 1. The number of hydrogen-bond acceptors (Lipinski definition) is 4. The highest BCUT2D eigenvalue weighted by Crippen LogP contribution is 2.26. The van der Waals surface area contributed by atoms with E-state index in [0.717, 1.165) is 28.6 Å². The molecule has 0 radical (unpaired) electrons. The molecule has 1 fully saturated rings. The average molecular weight is 427 g/mol. The van der Waals surface area contributed by atoms with Crippen molar-refractivity contribution in [2.75, 3.05) is 20.2 Å². The smallest absolute Gasteiger partial charge is 0.407 e. The van der Waals surface area contributed by atoms with Gasteiger partial charge in [-0.15, -0.1) is 0 Å². The van der Waals surface area contributed by atoms with Gasteiger partial charge in [-0.3, -0.25) is 4.79 Å². The van der Waals surface area contributed by atoms with Gasteiger partial charge < -0.3 is 19.7 Å². The quantitative estimate of drug-likeness (QED) is 0.799. The zero-order chi connectivity index (χ0) is 19.3. The van der Waals surface area contributed by atoms with Crippen LogP contribution in [-0.2, 0) is 16.0 Å². The summed E-state index contributed by atoms with van der Waals surface area (Å²) in [7, 11) is 1.61. The van der Waals surface area contributed by atoms with E-state index in [1.54, 1.807) is 7.11 Å². The Morgan fingerprint density at radius 1 is 1.35 bits per heavy atom. The number of nitrogens with one attached hydrogen (secondary N) is 1. The molecule has 6 nitrogen and oxygen atoms in total. The minimum atomic E-state index is -0.532. The van der Waals surface area contributed by atoms with E-state index in [1.165, 1.54) is 0 Å². The molecule has 0 bridgehead atoms. The fourth-order valence-electron chi connectivity index (χ4n) is 2.90. The van der Waals surface area contributed by atoms with Crippen molar-refractivity contribution in [2.24, 2.45) is 0 Å². The van der Waals surface area contributed by atoms with Gasteiger partial charge in [-0.2, -0.15) is 0 Å². The summed E-state index contributed by atoms with van der Waals surface area (Å²) in [6.07, 6.45) is 1.59. The number of rotatable bonds is 4. The highest BCUT2D eigenvalue weighted by molar-refractivity contribution is 9.10. The van der Waals surface area contributed by atoms with Crippen molar-refractivity contribution in [2.45, 2.75) is 51.7 Å². The molecule has 0 saturated carbocycles. The zero-order valence-electron chi connectivity index (χ0n) is 15.8. The third-order valence-corrected chi connectivity index (χ3v) is 4.69. The molecule has 0 spiro atoms. The Morgan fingerprint density at radius 3 is 2.69 bits per heavy atom. The van der Waals surface area contributed by atoms with Gasteiger partial charge in [-0.25, -0.2) is 4.79 Å². The molecule has 1 saturated heterocycles. The van der Waals surface area contributed by atoms with Gasteiger partial charge >= 0.3 is 6.09 Å². The Morgan fingerprint density at radius 2 is 2.08 bits per heavy atom. The molecule has 2 rings (SSSR count). The van der Waals surface area contributed by atoms with Crippen LogP contribution in [0.2, 0.25) is 0 Å². The molecule has 26 heavy (non-hydrogen) atoms. The average Bonchev–Trinajstić information content (AvgIpc) is 2.53. The number of halogens is 1. The van der Waals surface area contributed by atoms with Gasteiger partial charge in [0.15, 0.2) is 0 Å². The topological polar surface area (TPSA) is 67.9 Å². The lowest BCUT2D eigenvalue weighted by atomic mass is 10.0. The minimum absolute atomic E-state index is 0.0535. The van der Waals surface area contributed by atoms with Crippen LogP contribution in [-0.4, -0.2) is 48.7 Å². The maximum atomic E-state index is 12.6. The molecule has 1 aliphatic heterocycles. The number of nitrogens with zero attached hydrogens (tertiary/aromatic N) is 1. The Bertz CT molecular complexity index is 657. The number of ether oxygens (including phenoxy) is 2. The van der Waals surface area contributed by atoms with Crippen LogP contribution in [0.4, 0.5) is 4.79 Å². The molecule has 0 aliphatic carbocycles. The molecule has 1 heterocycles. The number of likely N-dealkylation sites (tertiary alicyclic amines) is 1. The Balaban J connectivity index is 1.91. The van der Waals surface area contributed by atoms with E-state index in [9.17, 15) is 9.59 Å². The van der Waals surface area contributed by atoms with Crippen LogP contribution in [0, 0.1) is 0 Å². The molecule has 0 aromatic heterocycles. The van der Waals surface area contributed by atoms with Crippen molar-refractivity contribution >= 4 is 27.9 Å². The van der Waals surface area contributed by atoms with E-state index in [2.05, 4.69) is 21.2 Å². The van der Waals surface area contributed by atoms with Gasteiger partial charge in [-0.05, 0) is 67.2 Å². The molecule has 7 heteroatoms. The number of alkyl carbamates (subject to hydrolysis) is 1. The van der Waals surface area contributed by atoms with Crippen LogP contribution in [0.1, 0.15) is 39.2 Å². The second-order valence-corrected chi connectivity index (χ2v) is 8.33. The number of carbonyl (C=O) groups is 2. The van der Waals surface area contributed by atoms with Gasteiger partial charge in [0.25, 0.3) is 0 Å². The third-order valence-electron chi connectivity index (χ3n) is 4.07. The monoisotopic (exact) mass is 426 g/mol. The number of methoxy groups -OCH3 is 1. The lowest BCUT2D eigenvalue weighted by molar-refractivity contribution is -0.131. The first kappa shape index (κ1) is 20.6. The van der Waals surface area contributed by atoms with E-state index >= 15 is 0 Å². The predicted molar refractivity (Wildman–Crippen MR) is 103 cm³/mol. The van der Waals surface area contributed by atoms with E-state index in [4.69, 9.17) is 9.47 Å². The second kappa shape index (κ2) is 8.75. The zero-order valence-corrected chi connectivity index (χ0v) is 17.4. The van der Waals surface area contributed by atoms with Crippen LogP contribution in [0.25, 0.3) is 0 Å². The molecule has 2 amide bonds. The summed E-state index contributed by atoms with van der Waals surface area (Å²) in [5, 5.41) is 2.87. The summed E-state index contributed by atoms with van der Waals surface area (Å²) >= 11 is 3.44. The van der Waals surface area contributed by atoms with Gasteiger partial charge in [-0.1, -0.05) is 6.07 Å². The van der Waals surface area contributed by atoms with Crippen molar-refractivity contribution in [3.63, 3.8) is 0 Å². The van der Waals surface area contributed by atoms with E-state index in [1.807, 2.05) is 43.9 Å². The maximum absolute atomic E-state index is 12.6. The van der Waals surface area contributed by atoms with Gasteiger partial charge in [0.2, 0.25) is 5.91 Å². The van der Waals surface area contributed by atoms with Crippen molar-refractivity contribution in [3.05, 3.63) is 28.2 Å². The molecular weight excluding hydrogens is 400 g/mol. The van der Waals surface area contributed by atoms with E-state index in [0.29, 0.717) is 19.5 Å². The van der Waals surface area contributed by atoms with Crippen LogP contribution in [0.3, 0.4) is 0 Å². The van der Waals surface area contributed by atoms with Crippen molar-refractivity contribution < 1.29 is 19.1 Å². The highest BCUT2D eigenvalue weighted by Gasteiger charge is 2.26. The van der Waals surface area contributed by atoms with Crippen molar-refractivity contribution in [1.29, 1.82) is 0 Å². The lowest BCUT2D eigenvalue weighted by Gasteiger charge is -2.33. The fraction of sp³-hybridized carbons (Fsp3) is 0.579. The SMILES string of the molecule is COc1ccc(CC(=O)N2CCCC(NC(=O)OC(C)(C)C)C2)cc1Br. The predicted octanol–water partition coefficient (Wildman–Crippen LogP) is 3.52.